The molecule has 1 aliphatic rings. The summed E-state index contributed by atoms with van der Waals surface area (Å²) in [6.07, 6.45) is 2.60. The maximum atomic E-state index is 12.0. The second-order valence-electron chi connectivity index (χ2n) is 6.58. The average molecular weight is 373 g/mol. The van der Waals surface area contributed by atoms with Crippen LogP contribution in [-0.2, 0) is 11.2 Å². The van der Waals surface area contributed by atoms with E-state index in [-0.39, 0.29) is 18.0 Å². The lowest BCUT2D eigenvalue weighted by molar-refractivity contribution is -0.384. The van der Waals surface area contributed by atoms with Crippen molar-refractivity contribution >= 4 is 22.9 Å². The number of non-ortho nitro benzene ring substituents is 1. The lowest BCUT2D eigenvalue weighted by Gasteiger charge is -2.31. The van der Waals surface area contributed by atoms with Crippen LogP contribution in [-0.4, -0.2) is 41.9 Å². The normalized spacial score (nSPS) is 15.7. The highest BCUT2D eigenvalue weighted by Crippen LogP contribution is 2.30. The Morgan fingerprint density at radius 2 is 1.96 bits per heavy atom. The van der Waals surface area contributed by atoms with Crippen LogP contribution in [0.3, 0.4) is 0 Å². The number of carbonyl (C=O) groups excluding carboxylic acids is 1. The number of nitro groups is 1. The molecule has 1 aromatic carbocycles. The number of hydrogen-bond donors (Lipinski definition) is 1. The van der Waals surface area contributed by atoms with Crippen LogP contribution in [0.5, 0.6) is 0 Å². The van der Waals surface area contributed by atoms with E-state index in [2.05, 4.69) is 27.7 Å². The molecule has 1 amide bonds. The third-order valence-electron chi connectivity index (χ3n) is 4.80. The quantitative estimate of drug-likeness (QED) is 0.597. The minimum absolute atomic E-state index is 0.0418. The smallest absolute Gasteiger partial charge is 0.269 e. The van der Waals surface area contributed by atoms with Gasteiger partial charge in [-0.2, -0.15) is 0 Å². The number of nitrogens with one attached hydrogen (secondary N) is 1. The highest BCUT2D eigenvalue weighted by Gasteiger charge is 2.20. The molecule has 26 heavy (non-hydrogen) atoms. The van der Waals surface area contributed by atoms with Crippen molar-refractivity contribution in [2.45, 2.75) is 25.2 Å². The molecule has 1 N–H and O–H groups in total. The number of hydrogen-bond acceptors (Lipinski definition) is 5. The Bertz CT molecular complexity index is 723. The van der Waals surface area contributed by atoms with E-state index < -0.39 is 4.92 Å². The molecule has 2 aromatic rings. The van der Waals surface area contributed by atoms with Gasteiger partial charge in [0.05, 0.1) is 11.3 Å². The van der Waals surface area contributed by atoms with Gasteiger partial charge >= 0.3 is 0 Å². The summed E-state index contributed by atoms with van der Waals surface area (Å²) in [7, 11) is 0. The summed E-state index contributed by atoms with van der Waals surface area (Å²) in [6, 6.07) is 10.5. The Hall–Kier alpha value is -2.25. The zero-order valence-corrected chi connectivity index (χ0v) is 15.4. The van der Waals surface area contributed by atoms with Crippen molar-refractivity contribution in [2.75, 3.05) is 26.2 Å². The summed E-state index contributed by atoms with van der Waals surface area (Å²) >= 11 is 1.84. The molecular weight excluding hydrogens is 350 g/mol. The van der Waals surface area contributed by atoms with Gasteiger partial charge in [0.1, 0.15) is 0 Å². The maximum absolute atomic E-state index is 12.0. The molecule has 1 saturated heterocycles. The van der Waals surface area contributed by atoms with E-state index in [0.717, 1.165) is 25.2 Å². The molecule has 1 aromatic heterocycles. The molecule has 7 heteroatoms. The number of piperidine rings is 1. The summed E-state index contributed by atoms with van der Waals surface area (Å²) in [5, 5.41) is 15.7. The van der Waals surface area contributed by atoms with E-state index >= 15 is 0 Å². The third-order valence-corrected chi connectivity index (χ3v) is 5.83. The van der Waals surface area contributed by atoms with Crippen molar-refractivity contribution in [3.63, 3.8) is 0 Å². The highest BCUT2D eigenvalue weighted by molar-refractivity contribution is 7.10. The SMILES string of the molecule is O=C(Cc1ccc([N+](=O)[O-])cc1)NCCN1CCC(c2cccs2)CC1. The molecule has 1 fully saturated rings. The molecule has 0 spiro atoms. The molecule has 6 nitrogen and oxygen atoms in total. The number of amides is 1. The Kier molecular flexibility index (Phi) is 6.35. The van der Waals surface area contributed by atoms with Gasteiger partial charge < -0.3 is 10.2 Å². The molecule has 0 unspecified atom stereocenters. The van der Waals surface area contributed by atoms with E-state index in [4.69, 9.17) is 0 Å². The second kappa shape index (κ2) is 8.91. The lowest BCUT2D eigenvalue weighted by atomic mass is 9.95. The fourth-order valence-electron chi connectivity index (χ4n) is 3.30. The first kappa shape index (κ1) is 18.5. The van der Waals surface area contributed by atoms with Gasteiger partial charge in [0.15, 0.2) is 0 Å². The van der Waals surface area contributed by atoms with Crippen LogP contribution >= 0.6 is 11.3 Å². The van der Waals surface area contributed by atoms with Crippen LogP contribution in [0.4, 0.5) is 5.69 Å². The van der Waals surface area contributed by atoms with Gasteiger partial charge in [0.25, 0.3) is 5.69 Å². The molecule has 2 heterocycles. The van der Waals surface area contributed by atoms with Crippen molar-refractivity contribution in [1.82, 2.24) is 10.2 Å². The van der Waals surface area contributed by atoms with Gasteiger partial charge in [-0.1, -0.05) is 18.2 Å². The largest absolute Gasteiger partial charge is 0.355 e. The molecule has 138 valence electrons. The molecule has 1 aliphatic heterocycles. The van der Waals surface area contributed by atoms with Crippen LogP contribution in [0.2, 0.25) is 0 Å². The Labute approximate surface area is 157 Å². The highest BCUT2D eigenvalue weighted by atomic mass is 32.1. The van der Waals surface area contributed by atoms with Gasteiger partial charge in [-0.3, -0.25) is 14.9 Å². The summed E-state index contributed by atoms with van der Waals surface area (Å²) in [6.45, 7) is 3.64. The molecule has 0 bridgehead atoms. The standard InChI is InChI=1S/C19H23N3O3S/c23-19(14-15-3-5-17(6-4-15)22(24)25)20-9-12-21-10-7-16(8-11-21)18-2-1-13-26-18/h1-6,13,16H,7-12,14H2,(H,20,23). The van der Waals surface area contributed by atoms with Crippen molar-refractivity contribution in [1.29, 1.82) is 0 Å². The van der Waals surface area contributed by atoms with Gasteiger partial charge in [0.2, 0.25) is 5.91 Å². The predicted molar refractivity (Wildman–Crippen MR) is 103 cm³/mol. The Balaban J connectivity index is 1.34. The van der Waals surface area contributed by atoms with Gasteiger partial charge in [-0.15, -0.1) is 11.3 Å². The van der Waals surface area contributed by atoms with Crippen molar-refractivity contribution < 1.29 is 9.72 Å². The molecule has 0 aliphatic carbocycles. The number of rotatable bonds is 7. The van der Waals surface area contributed by atoms with Crippen LogP contribution in [0.1, 0.15) is 29.2 Å². The van der Waals surface area contributed by atoms with E-state index in [1.165, 1.54) is 29.9 Å². The zero-order valence-electron chi connectivity index (χ0n) is 14.6. The summed E-state index contributed by atoms with van der Waals surface area (Å²) in [5.41, 5.74) is 0.824. The monoisotopic (exact) mass is 373 g/mol. The van der Waals surface area contributed by atoms with E-state index in [0.29, 0.717) is 12.5 Å². The molecule has 0 radical (unpaired) electrons. The van der Waals surface area contributed by atoms with Crippen LogP contribution in [0, 0.1) is 10.1 Å². The van der Waals surface area contributed by atoms with Crippen LogP contribution in [0.15, 0.2) is 41.8 Å². The average Bonchev–Trinajstić information content (AvgIpc) is 3.17. The first-order valence-corrected chi connectivity index (χ1v) is 9.75. The fraction of sp³-hybridized carbons (Fsp3) is 0.421. The van der Waals surface area contributed by atoms with Crippen LogP contribution in [0.25, 0.3) is 0 Å². The van der Waals surface area contributed by atoms with E-state index in [1.807, 2.05) is 11.3 Å². The predicted octanol–water partition coefficient (Wildman–Crippen LogP) is 3.19. The first-order valence-electron chi connectivity index (χ1n) is 8.87. The fourth-order valence-corrected chi connectivity index (χ4v) is 4.20. The summed E-state index contributed by atoms with van der Waals surface area (Å²) in [4.78, 5) is 26.1. The van der Waals surface area contributed by atoms with Crippen molar-refractivity contribution in [3.05, 3.63) is 62.3 Å². The zero-order chi connectivity index (χ0) is 18.4. The van der Waals surface area contributed by atoms with E-state index in [9.17, 15) is 14.9 Å². The van der Waals surface area contributed by atoms with E-state index in [1.54, 1.807) is 12.1 Å². The third kappa shape index (κ3) is 5.12. The second-order valence-corrected chi connectivity index (χ2v) is 7.56. The topological polar surface area (TPSA) is 75.5 Å². The molecule has 3 rings (SSSR count). The summed E-state index contributed by atoms with van der Waals surface area (Å²) in [5.74, 6) is 0.635. The van der Waals surface area contributed by atoms with Gasteiger partial charge in [-0.25, -0.2) is 0 Å². The molecule has 0 atom stereocenters. The first-order chi connectivity index (χ1) is 12.6. The number of carbonyl (C=O) groups is 1. The summed E-state index contributed by atoms with van der Waals surface area (Å²) < 4.78 is 0. The Morgan fingerprint density at radius 3 is 2.58 bits per heavy atom. The molecular formula is C19H23N3O3S. The number of thiophene rings is 1. The van der Waals surface area contributed by atoms with Gasteiger partial charge in [-0.05, 0) is 48.9 Å². The van der Waals surface area contributed by atoms with Crippen LogP contribution < -0.4 is 5.32 Å². The minimum Gasteiger partial charge on any atom is -0.355 e. The number of likely N-dealkylation sites (tertiary alicyclic amines) is 1. The maximum Gasteiger partial charge on any atom is 0.269 e. The van der Waals surface area contributed by atoms with Crippen molar-refractivity contribution in [3.8, 4) is 0 Å². The van der Waals surface area contributed by atoms with Crippen molar-refractivity contribution in [2.24, 2.45) is 0 Å². The number of nitro benzene ring substituents is 1. The minimum atomic E-state index is -0.439. The number of nitrogens with zero attached hydrogens (tertiary/aromatic N) is 2. The molecule has 0 saturated carbocycles. The Morgan fingerprint density at radius 1 is 1.23 bits per heavy atom. The lowest BCUT2D eigenvalue weighted by Crippen LogP contribution is -2.39. The number of benzene rings is 1. The van der Waals surface area contributed by atoms with Gasteiger partial charge in [0, 0.05) is 30.1 Å².